The summed E-state index contributed by atoms with van der Waals surface area (Å²) in [5.41, 5.74) is 2.06. The van der Waals surface area contributed by atoms with Crippen LogP contribution in [0.4, 0.5) is 5.95 Å². The first-order valence-corrected chi connectivity index (χ1v) is 6.52. The predicted octanol–water partition coefficient (Wildman–Crippen LogP) is 1.79. The van der Waals surface area contributed by atoms with E-state index in [-0.39, 0.29) is 0 Å². The summed E-state index contributed by atoms with van der Waals surface area (Å²) < 4.78 is 1.81. The highest BCUT2D eigenvalue weighted by Gasteiger charge is 2.05. The van der Waals surface area contributed by atoms with Crippen LogP contribution in [0.15, 0.2) is 18.3 Å². The molecular formula is C13H21N5. The molecule has 0 radical (unpaired) electrons. The summed E-state index contributed by atoms with van der Waals surface area (Å²) in [6.45, 7) is 10.4. The van der Waals surface area contributed by atoms with Crippen LogP contribution in [-0.4, -0.2) is 45.7 Å². The third-order valence-electron chi connectivity index (χ3n) is 3.16. The van der Waals surface area contributed by atoms with Gasteiger partial charge in [0.2, 0.25) is 5.95 Å². The van der Waals surface area contributed by atoms with E-state index in [1.54, 1.807) is 0 Å². The van der Waals surface area contributed by atoms with Gasteiger partial charge in [0.05, 0.1) is 0 Å². The molecule has 0 spiro atoms. The topological polar surface area (TPSA) is 45.5 Å². The average molecular weight is 247 g/mol. The Kier molecular flexibility index (Phi) is 4.15. The van der Waals surface area contributed by atoms with Crippen molar-refractivity contribution in [1.29, 1.82) is 0 Å². The van der Waals surface area contributed by atoms with E-state index in [2.05, 4.69) is 34.1 Å². The number of hydrogen-bond donors (Lipinski definition) is 1. The van der Waals surface area contributed by atoms with Gasteiger partial charge in [-0.25, -0.2) is 4.52 Å². The fraction of sp³-hybridized carbons (Fsp3) is 0.538. The zero-order valence-corrected chi connectivity index (χ0v) is 11.3. The third-order valence-corrected chi connectivity index (χ3v) is 3.16. The van der Waals surface area contributed by atoms with Crippen molar-refractivity contribution in [2.24, 2.45) is 0 Å². The highest BCUT2D eigenvalue weighted by atomic mass is 15.3. The van der Waals surface area contributed by atoms with Crippen LogP contribution < -0.4 is 5.32 Å². The van der Waals surface area contributed by atoms with Crippen LogP contribution >= 0.6 is 0 Å². The van der Waals surface area contributed by atoms with E-state index in [1.165, 1.54) is 0 Å². The molecule has 98 valence electrons. The second kappa shape index (κ2) is 5.82. The smallest absolute Gasteiger partial charge is 0.243 e. The van der Waals surface area contributed by atoms with Crippen molar-refractivity contribution in [1.82, 2.24) is 19.5 Å². The van der Waals surface area contributed by atoms with Gasteiger partial charge in [0.15, 0.2) is 5.65 Å². The molecule has 0 unspecified atom stereocenters. The Labute approximate surface area is 108 Å². The Bertz CT molecular complexity index is 501. The van der Waals surface area contributed by atoms with Crippen LogP contribution in [0.2, 0.25) is 0 Å². The van der Waals surface area contributed by atoms with Gasteiger partial charge < -0.3 is 10.2 Å². The van der Waals surface area contributed by atoms with Crippen molar-refractivity contribution in [3.05, 3.63) is 23.9 Å². The maximum atomic E-state index is 4.48. The van der Waals surface area contributed by atoms with Gasteiger partial charge in [0, 0.05) is 19.3 Å². The number of nitrogens with zero attached hydrogens (tertiary/aromatic N) is 4. The molecule has 0 aliphatic heterocycles. The fourth-order valence-corrected chi connectivity index (χ4v) is 1.98. The van der Waals surface area contributed by atoms with Gasteiger partial charge >= 0.3 is 0 Å². The number of nitrogens with one attached hydrogen (secondary N) is 1. The Balaban J connectivity index is 1.98. The van der Waals surface area contributed by atoms with Gasteiger partial charge in [-0.05, 0) is 31.6 Å². The number of likely N-dealkylation sites (N-methyl/N-ethyl adjacent to an activating group) is 1. The average Bonchev–Trinajstić information content (AvgIpc) is 2.79. The highest BCUT2D eigenvalue weighted by molar-refractivity contribution is 5.49. The maximum absolute atomic E-state index is 4.48. The molecule has 0 atom stereocenters. The largest absolute Gasteiger partial charge is 0.352 e. The van der Waals surface area contributed by atoms with E-state index in [0.717, 1.165) is 37.4 Å². The van der Waals surface area contributed by atoms with Crippen LogP contribution in [0.25, 0.3) is 5.65 Å². The molecule has 0 saturated heterocycles. The number of hydrogen-bond acceptors (Lipinski definition) is 4. The number of aryl methyl sites for hydroxylation is 1. The van der Waals surface area contributed by atoms with Gasteiger partial charge in [-0.2, -0.15) is 4.98 Å². The minimum Gasteiger partial charge on any atom is -0.352 e. The van der Waals surface area contributed by atoms with Crippen LogP contribution in [0, 0.1) is 6.92 Å². The first kappa shape index (κ1) is 12.8. The maximum Gasteiger partial charge on any atom is 0.243 e. The predicted molar refractivity (Wildman–Crippen MR) is 74.0 cm³/mol. The standard InChI is InChI=1S/C13H21N5/c1-4-17(5-2)10-8-14-13-15-12-11(3)7-6-9-18(12)16-13/h6-7,9H,4-5,8,10H2,1-3H3,(H,14,16). The SMILES string of the molecule is CCN(CC)CCNc1nc2c(C)cccn2n1. The molecule has 2 aromatic heterocycles. The second-order valence-electron chi connectivity index (χ2n) is 4.35. The van der Waals surface area contributed by atoms with E-state index in [1.807, 2.05) is 29.8 Å². The normalized spacial score (nSPS) is 11.3. The first-order chi connectivity index (χ1) is 8.74. The summed E-state index contributed by atoms with van der Waals surface area (Å²) >= 11 is 0. The summed E-state index contributed by atoms with van der Waals surface area (Å²) in [5.74, 6) is 0.705. The van der Waals surface area contributed by atoms with Crippen molar-refractivity contribution in [2.75, 3.05) is 31.5 Å². The highest BCUT2D eigenvalue weighted by Crippen LogP contribution is 2.09. The molecule has 0 aromatic carbocycles. The molecule has 0 bridgehead atoms. The molecule has 5 heteroatoms. The Hall–Kier alpha value is -1.62. The molecule has 0 saturated carbocycles. The molecule has 2 aromatic rings. The molecule has 0 aliphatic rings. The number of aromatic nitrogens is 3. The number of pyridine rings is 1. The lowest BCUT2D eigenvalue weighted by molar-refractivity contribution is 0.316. The van der Waals surface area contributed by atoms with Gasteiger partial charge in [-0.15, -0.1) is 5.10 Å². The van der Waals surface area contributed by atoms with Gasteiger partial charge in [-0.1, -0.05) is 19.9 Å². The van der Waals surface area contributed by atoms with Crippen LogP contribution in [0.3, 0.4) is 0 Å². The zero-order valence-electron chi connectivity index (χ0n) is 11.3. The van der Waals surface area contributed by atoms with Gasteiger partial charge in [0.25, 0.3) is 0 Å². The molecule has 0 fully saturated rings. The van der Waals surface area contributed by atoms with Crippen molar-refractivity contribution in [3.8, 4) is 0 Å². The molecule has 2 rings (SSSR count). The monoisotopic (exact) mass is 247 g/mol. The minimum absolute atomic E-state index is 0.705. The van der Waals surface area contributed by atoms with Crippen LogP contribution in [0.1, 0.15) is 19.4 Å². The van der Waals surface area contributed by atoms with Crippen molar-refractivity contribution in [3.63, 3.8) is 0 Å². The molecule has 5 nitrogen and oxygen atoms in total. The van der Waals surface area contributed by atoms with Crippen LogP contribution in [0.5, 0.6) is 0 Å². The van der Waals surface area contributed by atoms with E-state index < -0.39 is 0 Å². The first-order valence-electron chi connectivity index (χ1n) is 6.52. The lowest BCUT2D eigenvalue weighted by Crippen LogP contribution is -2.28. The summed E-state index contributed by atoms with van der Waals surface area (Å²) in [5, 5.41) is 7.67. The second-order valence-corrected chi connectivity index (χ2v) is 4.35. The summed E-state index contributed by atoms with van der Waals surface area (Å²) in [6, 6.07) is 4.03. The Morgan fingerprint density at radius 1 is 1.33 bits per heavy atom. The lowest BCUT2D eigenvalue weighted by Gasteiger charge is -2.17. The fourth-order valence-electron chi connectivity index (χ4n) is 1.98. The minimum atomic E-state index is 0.705. The molecule has 1 N–H and O–H groups in total. The third kappa shape index (κ3) is 2.79. The van der Waals surface area contributed by atoms with Crippen LogP contribution in [-0.2, 0) is 0 Å². The summed E-state index contributed by atoms with van der Waals surface area (Å²) in [4.78, 5) is 6.85. The van der Waals surface area contributed by atoms with E-state index >= 15 is 0 Å². The van der Waals surface area contributed by atoms with Gasteiger partial charge in [-0.3, -0.25) is 0 Å². The van der Waals surface area contributed by atoms with Gasteiger partial charge in [0.1, 0.15) is 0 Å². The van der Waals surface area contributed by atoms with Crippen molar-refractivity contribution >= 4 is 11.6 Å². The molecular weight excluding hydrogens is 226 g/mol. The van der Waals surface area contributed by atoms with Crippen molar-refractivity contribution in [2.45, 2.75) is 20.8 Å². The summed E-state index contributed by atoms with van der Waals surface area (Å²) in [7, 11) is 0. The number of rotatable bonds is 6. The number of anilines is 1. The van der Waals surface area contributed by atoms with E-state index in [4.69, 9.17) is 0 Å². The zero-order chi connectivity index (χ0) is 13.0. The lowest BCUT2D eigenvalue weighted by atomic mass is 10.3. The molecule has 0 aliphatic carbocycles. The molecule has 2 heterocycles. The molecule has 0 amide bonds. The molecule has 18 heavy (non-hydrogen) atoms. The Morgan fingerprint density at radius 3 is 2.78 bits per heavy atom. The Morgan fingerprint density at radius 2 is 2.11 bits per heavy atom. The van der Waals surface area contributed by atoms with E-state index in [0.29, 0.717) is 5.95 Å². The summed E-state index contributed by atoms with van der Waals surface area (Å²) in [6.07, 6.45) is 1.92. The van der Waals surface area contributed by atoms with Crippen molar-refractivity contribution < 1.29 is 0 Å². The number of fused-ring (bicyclic) bond motifs is 1. The van der Waals surface area contributed by atoms with E-state index in [9.17, 15) is 0 Å². The quantitative estimate of drug-likeness (QED) is 0.845.